The molecule has 1 saturated heterocycles. The molecule has 8 amide bonds. The van der Waals surface area contributed by atoms with Gasteiger partial charge in [0.1, 0.15) is 48.3 Å². The van der Waals surface area contributed by atoms with Crippen molar-refractivity contribution >= 4 is 77.1 Å². The van der Waals surface area contributed by atoms with Crippen LogP contribution in [0.2, 0.25) is 0 Å². The Morgan fingerprint density at radius 3 is 0.585 bits per heavy atom. The van der Waals surface area contributed by atoms with Crippen LogP contribution in [-0.4, -0.2) is 158 Å². The summed E-state index contributed by atoms with van der Waals surface area (Å²) in [4.78, 5) is 126. The highest BCUT2D eigenvalue weighted by Crippen LogP contribution is 2.34. The van der Waals surface area contributed by atoms with Crippen LogP contribution in [0.5, 0.6) is 0 Å². The predicted molar refractivity (Wildman–Crippen MR) is 405 cm³/mol. The fraction of sp³-hybridized carbons (Fsp3) is 0.347. The van der Waals surface area contributed by atoms with E-state index in [2.05, 4.69) is 69.1 Å². The molecule has 1 heterocycles. The highest BCUT2D eigenvalue weighted by molar-refractivity contribution is 6.00. The summed E-state index contributed by atoms with van der Waals surface area (Å²) in [5, 5.41) is 76.2. The van der Waals surface area contributed by atoms with Gasteiger partial charge in [-0.2, -0.15) is 0 Å². The minimum Gasteiger partial charge on any atom is -0.370 e. The van der Waals surface area contributed by atoms with Crippen molar-refractivity contribution < 1.29 is 38.4 Å². The number of amides is 8. The van der Waals surface area contributed by atoms with Crippen LogP contribution < -0.4 is 97.8 Å². The Bertz CT molecular complexity index is 3670. The first-order valence-corrected chi connectivity index (χ1v) is 35.2. The summed E-state index contributed by atoms with van der Waals surface area (Å²) >= 11 is 0. The fourth-order valence-electron chi connectivity index (χ4n) is 12.7. The molecule has 0 aliphatic carbocycles. The highest BCUT2D eigenvalue weighted by atomic mass is 16.2. The Morgan fingerprint density at radius 2 is 0.406 bits per heavy atom. The van der Waals surface area contributed by atoms with E-state index in [0.29, 0.717) is 33.4 Å². The molecule has 6 aromatic carbocycles. The number of hydrogen-bond donors (Lipinski definition) is 23. The second-order valence-electron chi connectivity index (χ2n) is 25.6. The van der Waals surface area contributed by atoms with Crippen molar-refractivity contribution in [3.05, 3.63) is 215 Å². The third-order valence-corrected chi connectivity index (χ3v) is 17.8. The summed E-state index contributed by atoms with van der Waals surface area (Å²) < 4.78 is 0. The smallest absolute Gasteiger partial charge is 0.244 e. The minimum atomic E-state index is -1.69. The fourth-order valence-corrected chi connectivity index (χ4v) is 12.7. The van der Waals surface area contributed by atoms with Gasteiger partial charge in [0.15, 0.2) is 29.8 Å². The van der Waals surface area contributed by atoms with E-state index in [0.717, 1.165) is 0 Å². The van der Waals surface area contributed by atoms with Crippen molar-refractivity contribution in [3.63, 3.8) is 0 Å². The first kappa shape index (κ1) is 80.7. The van der Waals surface area contributed by atoms with Gasteiger partial charge < -0.3 is 97.8 Å². The molecule has 0 saturated carbocycles. The zero-order valence-corrected chi connectivity index (χ0v) is 58.9. The summed E-state index contributed by atoms with van der Waals surface area (Å²) in [6.45, 7) is 0.174. The third-order valence-electron chi connectivity index (χ3n) is 17.8. The summed E-state index contributed by atoms with van der Waals surface area (Å²) in [5.41, 5.74) is 31.6. The highest BCUT2D eigenvalue weighted by Gasteiger charge is 2.43. The zero-order valence-electron chi connectivity index (χ0n) is 58.9. The maximum atomic E-state index is 16.7. The van der Waals surface area contributed by atoms with Gasteiger partial charge in [-0.1, -0.05) is 182 Å². The van der Waals surface area contributed by atoms with Crippen LogP contribution in [0.4, 0.5) is 0 Å². The lowest BCUT2D eigenvalue weighted by molar-refractivity contribution is -0.137. The SMILES string of the molecule is N=C(N)NCCC[C@@H]1NC(=O)[C@H](CCCNC(=N)N)NC(=O)[C@H](CCCNC(=N)N)NC(=O)[C@H](C(c2ccccc2)c2ccccc2)NC(=O)[C@H](C(c2ccccc2)c2ccccc2)NC(=O)[C@H](C(c2ccccc2)c2ccccc2)NC(=O)[C@H](CCCNC(=N)N)NC(=O)[C@H](CCCNC(=N)N)NC1=O. The van der Waals surface area contributed by atoms with E-state index in [-0.39, 0.29) is 127 Å². The van der Waals surface area contributed by atoms with E-state index in [1.807, 2.05) is 0 Å². The van der Waals surface area contributed by atoms with Crippen molar-refractivity contribution in [1.82, 2.24) is 69.1 Å². The Labute approximate surface area is 616 Å². The van der Waals surface area contributed by atoms with Gasteiger partial charge in [0.25, 0.3) is 0 Å². The maximum Gasteiger partial charge on any atom is 0.244 e. The van der Waals surface area contributed by atoms with Crippen LogP contribution in [0.25, 0.3) is 0 Å². The topological polar surface area (TPSA) is 542 Å². The van der Waals surface area contributed by atoms with E-state index >= 15 is 38.4 Å². The Kier molecular flexibility index (Phi) is 32.1. The molecule has 28 N–H and O–H groups in total. The minimum absolute atomic E-state index is 0.0335. The lowest BCUT2D eigenvalue weighted by atomic mass is 9.81. The molecule has 562 valence electrons. The van der Waals surface area contributed by atoms with Gasteiger partial charge in [-0.15, -0.1) is 0 Å². The van der Waals surface area contributed by atoms with E-state index in [1.54, 1.807) is 182 Å². The van der Waals surface area contributed by atoms with Gasteiger partial charge in [-0.25, -0.2) is 0 Å². The molecule has 7 rings (SSSR count). The number of carbonyl (C=O) groups excluding carboxylic acids is 8. The van der Waals surface area contributed by atoms with Crippen molar-refractivity contribution in [1.29, 1.82) is 27.0 Å². The molecule has 1 fully saturated rings. The van der Waals surface area contributed by atoms with Crippen LogP contribution in [0, 0.1) is 27.0 Å². The number of rotatable bonds is 29. The standard InChI is InChI=1S/C75H99N23O8/c76-71(77)86-41-19-36-52-63(99)92-54(38-21-43-88-73(80)81)65(101)94-56(40-23-45-90-75(84)85)67(103)96-61(58(48-28-11-3-12-29-48)49-30-13-4-14-31-49)69(105)98-62(59(50-32-15-5-16-33-50)51-34-17-6-18-35-51)70(106)97-60(57(46-24-7-1-8-25-46)47-26-9-2-10-27-47)68(104)95-55(39-22-44-89-74(82)83)66(102)93-53(64(100)91-52)37-20-42-87-72(78)79/h1-18,24-35,52-62H,19-23,36-45H2,(H,91,100)(H,92,99)(H,93,102)(H,94,101)(H,95,104)(H,96,103)(H,97,106)(H,98,105)(H4,76,77,86)(H4,78,79,87)(H4,80,81,88)(H4,82,83,89)(H4,84,85,90)/t52-,53-,54-,55-,56-,60-,61-,62-/m0/s1. The second-order valence-corrected chi connectivity index (χ2v) is 25.6. The average molecular weight is 1450 g/mol. The largest absolute Gasteiger partial charge is 0.370 e. The van der Waals surface area contributed by atoms with E-state index < -0.39 is 113 Å². The average Bonchev–Trinajstić information content (AvgIpc) is 0.788. The van der Waals surface area contributed by atoms with Crippen LogP contribution in [0.1, 0.15) is 115 Å². The molecule has 31 nitrogen and oxygen atoms in total. The molecule has 0 aromatic heterocycles. The molecular formula is C75H99N23O8. The molecule has 6 aromatic rings. The number of nitrogens with one attached hydrogen (secondary N) is 18. The molecule has 0 radical (unpaired) electrons. The zero-order chi connectivity index (χ0) is 76.3. The van der Waals surface area contributed by atoms with Crippen LogP contribution in [-0.2, 0) is 38.4 Å². The predicted octanol–water partition coefficient (Wildman–Crippen LogP) is 0.691. The summed E-state index contributed by atoms with van der Waals surface area (Å²) in [6, 6.07) is 40.6. The monoisotopic (exact) mass is 1450 g/mol. The number of nitrogens with two attached hydrogens (primary N) is 5. The van der Waals surface area contributed by atoms with Crippen LogP contribution in [0.3, 0.4) is 0 Å². The summed E-state index contributed by atoms with van der Waals surface area (Å²) in [6.07, 6.45) is -0.416. The number of guanidine groups is 5. The lowest BCUT2D eigenvalue weighted by Crippen LogP contribution is -2.63. The molecule has 31 heteroatoms. The lowest BCUT2D eigenvalue weighted by Gasteiger charge is -2.35. The van der Waals surface area contributed by atoms with Crippen LogP contribution >= 0.6 is 0 Å². The number of hydrogen-bond acceptors (Lipinski definition) is 13. The normalized spacial score (nSPS) is 19.4. The molecule has 106 heavy (non-hydrogen) atoms. The number of benzene rings is 6. The second kappa shape index (κ2) is 42.1. The van der Waals surface area contributed by atoms with Gasteiger partial charge >= 0.3 is 0 Å². The molecule has 1 aliphatic rings. The molecule has 0 spiro atoms. The van der Waals surface area contributed by atoms with Gasteiger partial charge in [0, 0.05) is 50.5 Å². The molecule has 1 aliphatic heterocycles. The number of carbonyl (C=O) groups is 8. The molecular weight excluding hydrogens is 1350 g/mol. The Balaban J connectivity index is 1.51. The van der Waals surface area contributed by atoms with E-state index in [9.17, 15) is 0 Å². The Morgan fingerprint density at radius 1 is 0.255 bits per heavy atom. The van der Waals surface area contributed by atoms with E-state index in [1.165, 1.54) is 0 Å². The third kappa shape index (κ3) is 25.7. The summed E-state index contributed by atoms with van der Waals surface area (Å²) in [7, 11) is 0. The maximum absolute atomic E-state index is 16.7. The summed E-state index contributed by atoms with van der Waals surface area (Å²) in [5.74, 6) is -12.3. The quantitative estimate of drug-likeness (QED) is 0.0174. The molecule has 8 atom stereocenters. The van der Waals surface area contributed by atoms with Gasteiger partial charge in [0.05, 0.1) is 0 Å². The van der Waals surface area contributed by atoms with Crippen molar-refractivity contribution in [3.8, 4) is 0 Å². The van der Waals surface area contributed by atoms with Crippen molar-refractivity contribution in [2.75, 3.05) is 32.7 Å². The first-order chi connectivity index (χ1) is 51.1. The van der Waals surface area contributed by atoms with Gasteiger partial charge in [-0.3, -0.25) is 65.4 Å². The first-order valence-electron chi connectivity index (χ1n) is 35.2. The van der Waals surface area contributed by atoms with Gasteiger partial charge in [0.2, 0.25) is 47.3 Å². The van der Waals surface area contributed by atoms with Crippen molar-refractivity contribution in [2.24, 2.45) is 28.7 Å². The Hall–Kier alpha value is -12.6. The van der Waals surface area contributed by atoms with E-state index in [4.69, 9.17) is 55.7 Å². The van der Waals surface area contributed by atoms with Crippen molar-refractivity contribution in [2.45, 2.75) is 130 Å². The molecule has 0 unspecified atom stereocenters. The van der Waals surface area contributed by atoms with Crippen LogP contribution in [0.15, 0.2) is 182 Å². The molecule has 0 bridgehead atoms. The van der Waals surface area contributed by atoms with Gasteiger partial charge in [-0.05, 0) is 97.6 Å².